The highest BCUT2D eigenvalue weighted by molar-refractivity contribution is 6.01. The lowest BCUT2D eigenvalue weighted by Gasteiger charge is -2.23. The number of carbonyl (C=O) groups is 2. The molecular weight excluding hydrogens is 463 g/mol. The fourth-order valence-electron chi connectivity index (χ4n) is 4.57. The molecule has 0 aliphatic carbocycles. The lowest BCUT2D eigenvalue weighted by atomic mass is 9.97. The van der Waals surface area contributed by atoms with Gasteiger partial charge in [0.15, 0.2) is 0 Å². The highest BCUT2D eigenvalue weighted by Gasteiger charge is 2.33. The van der Waals surface area contributed by atoms with Crippen LogP contribution in [0.4, 0.5) is 4.39 Å². The predicted octanol–water partition coefficient (Wildman–Crippen LogP) is 3.12. The average molecular weight is 487 g/mol. The molecule has 0 spiro atoms. The third kappa shape index (κ3) is 4.13. The molecule has 10 heteroatoms. The molecule has 0 saturated carbocycles. The summed E-state index contributed by atoms with van der Waals surface area (Å²) in [6.45, 7) is 0.385. The normalized spacial score (nSPS) is 15.4. The van der Waals surface area contributed by atoms with E-state index < -0.39 is 23.7 Å². The Morgan fingerprint density at radius 1 is 1.06 bits per heavy atom. The maximum absolute atomic E-state index is 14.1. The van der Waals surface area contributed by atoms with E-state index >= 15 is 0 Å². The molecular formula is C26H23FN6O3. The molecule has 7 N–H and O–H groups in total. The Morgan fingerprint density at radius 3 is 2.58 bits per heavy atom. The Kier molecular flexibility index (Phi) is 5.63. The minimum atomic E-state index is -0.705. The van der Waals surface area contributed by atoms with Crippen molar-refractivity contribution in [1.82, 2.24) is 14.9 Å². The Morgan fingerprint density at radius 2 is 1.83 bits per heavy atom. The number of nitrogens with zero attached hydrogens (tertiary/aromatic N) is 2. The Balaban J connectivity index is 1.66. The van der Waals surface area contributed by atoms with Crippen LogP contribution in [0.1, 0.15) is 28.8 Å². The van der Waals surface area contributed by atoms with Crippen molar-refractivity contribution in [2.75, 3.05) is 6.54 Å². The number of aromatic hydroxyl groups is 1. The summed E-state index contributed by atoms with van der Waals surface area (Å²) < 4.78 is 14.1. The second-order valence-electron chi connectivity index (χ2n) is 8.75. The van der Waals surface area contributed by atoms with Crippen molar-refractivity contribution < 1.29 is 19.1 Å². The van der Waals surface area contributed by atoms with Crippen molar-refractivity contribution in [2.45, 2.75) is 18.9 Å². The van der Waals surface area contributed by atoms with Crippen LogP contribution in [0.5, 0.6) is 5.75 Å². The van der Waals surface area contributed by atoms with Gasteiger partial charge in [-0.2, -0.15) is 0 Å². The van der Waals surface area contributed by atoms with Gasteiger partial charge in [0.05, 0.1) is 11.0 Å². The summed E-state index contributed by atoms with van der Waals surface area (Å²) >= 11 is 0. The van der Waals surface area contributed by atoms with Gasteiger partial charge in [-0.3, -0.25) is 15.0 Å². The second-order valence-corrected chi connectivity index (χ2v) is 8.75. The SMILES string of the molecule is N=C(N)c1ccc2nc(-c3cc(C(=O)N4CCCC4C(N)=O)cc(-c4cc(F)ccc4O)c3)[nH]c2c1. The number of carbonyl (C=O) groups excluding carboxylic acids is 2. The van der Waals surface area contributed by atoms with Crippen LogP contribution < -0.4 is 11.5 Å². The van der Waals surface area contributed by atoms with Gasteiger partial charge < -0.3 is 26.5 Å². The molecule has 1 unspecified atom stereocenters. The number of halogens is 1. The largest absolute Gasteiger partial charge is 0.507 e. The fraction of sp³-hybridized carbons (Fsp3) is 0.154. The molecule has 1 atom stereocenters. The first kappa shape index (κ1) is 23.0. The second kappa shape index (κ2) is 8.81. The van der Waals surface area contributed by atoms with Crippen LogP contribution in [0.15, 0.2) is 54.6 Å². The van der Waals surface area contributed by atoms with Crippen LogP contribution in [-0.2, 0) is 4.79 Å². The zero-order valence-electron chi connectivity index (χ0n) is 19.1. The Labute approximate surface area is 205 Å². The maximum Gasteiger partial charge on any atom is 0.254 e. The first-order chi connectivity index (χ1) is 17.2. The minimum Gasteiger partial charge on any atom is -0.507 e. The molecule has 1 fully saturated rings. The van der Waals surface area contributed by atoms with Crippen molar-refractivity contribution in [2.24, 2.45) is 11.5 Å². The highest BCUT2D eigenvalue weighted by Crippen LogP contribution is 2.34. The predicted molar refractivity (Wildman–Crippen MR) is 133 cm³/mol. The monoisotopic (exact) mass is 486 g/mol. The molecule has 0 bridgehead atoms. The number of hydrogen-bond donors (Lipinski definition) is 5. The molecule has 1 aliphatic rings. The highest BCUT2D eigenvalue weighted by atomic mass is 19.1. The number of hydrogen-bond acceptors (Lipinski definition) is 5. The Bertz CT molecular complexity index is 1550. The summed E-state index contributed by atoms with van der Waals surface area (Å²) in [6, 6.07) is 12.8. The van der Waals surface area contributed by atoms with Crippen LogP contribution in [0, 0.1) is 11.2 Å². The van der Waals surface area contributed by atoms with Gasteiger partial charge in [0.1, 0.15) is 29.3 Å². The van der Waals surface area contributed by atoms with E-state index in [2.05, 4.69) is 9.97 Å². The van der Waals surface area contributed by atoms with E-state index in [1.165, 1.54) is 17.0 Å². The third-order valence-corrected chi connectivity index (χ3v) is 6.36. The first-order valence-electron chi connectivity index (χ1n) is 11.3. The summed E-state index contributed by atoms with van der Waals surface area (Å²) in [4.78, 5) is 34.6. The summed E-state index contributed by atoms with van der Waals surface area (Å²) in [5.41, 5.74) is 14.2. The number of amidine groups is 1. The number of H-pyrrole nitrogens is 1. The molecule has 2 heterocycles. The summed E-state index contributed by atoms with van der Waals surface area (Å²) in [6.07, 6.45) is 1.14. The standard InChI is InChI=1S/C26H23FN6O3/c27-17-4-6-22(34)18(12-17)14-8-15(25-31-19-5-3-13(23(28)29)11-20(19)32-25)10-16(9-14)26(36)33-7-1-2-21(33)24(30)35/h3-6,8-12,21,34H,1-2,7H2,(H3,28,29)(H2,30,35)(H,31,32). The van der Waals surface area contributed by atoms with Gasteiger partial charge in [0.2, 0.25) is 5.91 Å². The molecule has 182 valence electrons. The van der Waals surface area contributed by atoms with Gasteiger partial charge in [0.25, 0.3) is 5.91 Å². The number of aromatic amines is 1. The van der Waals surface area contributed by atoms with E-state index in [9.17, 15) is 19.1 Å². The van der Waals surface area contributed by atoms with Crippen LogP contribution >= 0.6 is 0 Å². The third-order valence-electron chi connectivity index (χ3n) is 6.36. The van der Waals surface area contributed by atoms with Gasteiger partial charge >= 0.3 is 0 Å². The van der Waals surface area contributed by atoms with Crippen molar-refractivity contribution in [3.63, 3.8) is 0 Å². The van der Waals surface area contributed by atoms with Crippen LogP contribution in [0.3, 0.4) is 0 Å². The van der Waals surface area contributed by atoms with Gasteiger partial charge in [-0.15, -0.1) is 0 Å². The number of benzene rings is 3. The number of nitrogens with two attached hydrogens (primary N) is 2. The number of nitrogens with one attached hydrogen (secondary N) is 2. The van der Waals surface area contributed by atoms with E-state index in [-0.39, 0.29) is 22.7 Å². The summed E-state index contributed by atoms with van der Waals surface area (Å²) in [5, 5.41) is 18.1. The van der Waals surface area contributed by atoms with Crippen LogP contribution in [0.2, 0.25) is 0 Å². The number of imidazole rings is 1. The van der Waals surface area contributed by atoms with E-state index in [0.29, 0.717) is 52.9 Å². The topological polar surface area (TPSA) is 162 Å². The number of phenolic OH excluding ortho intramolecular Hbond substituents is 1. The van der Waals surface area contributed by atoms with E-state index in [1.54, 1.807) is 36.4 Å². The maximum atomic E-state index is 14.1. The number of amides is 2. The lowest BCUT2D eigenvalue weighted by Crippen LogP contribution is -2.43. The minimum absolute atomic E-state index is 0.0841. The van der Waals surface area contributed by atoms with Crippen molar-refractivity contribution in [1.29, 1.82) is 5.41 Å². The molecule has 1 aliphatic heterocycles. The fourth-order valence-corrected chi connectivity index (χ4v) is 4.57. The van der Waals surface area contributed by atoms with Crippen LogP contribution in [-0.4, -0.2) is 50.2 Å². The van der Waals surface area contributed by atoms with Crippen molar-refractivity contribution in [3.8, 4) is 28.3 Å². The number of phenols is 1. The number of aromatic nitrogens is 2. The van der Waals surface area contributed by atoms with Gasteiger partial charge in [0, 0.05) is 28.8 Å². The van der Waals surface area contributed by atoms with Gasteiger partial charge in [-0.05, 0) is 73.0 Å². The average Bonchev–Trinajstić information content (AvgIpc) is 3.52. The van der Waals surface area contributed by atoms with Crippen molar-refractivity contribution >= 4 is 28.7 Å². The number of fused-ring (bicyclic) bond motifs is 1. The number of primary amides is 1. The summed E-state index contributed by atoms with van der Waals surface area (Å²) in [7, 11) is 0. The molecule has 0 radical (unpaired) electrons. The smallest absolute Gasteiger partial charge is 0.254 e. The quantitative estimate of drug-likeness (QED) is 0.216. The van der Waals surface area contributed by atoms with Crippen LogP contribution in [0.25, 0.3) is 33.5 Å². The van der Waals surface area contributed by atoms with E-state index in [1.807, 2.05) is 0 Å². The van der Waals surface area contributed by atoms with E-state index in [0.717, 1.165) is 6.07 Å². The van der Waals surface area contributed by atoms with E-state index in [4.69, 9.17) is 16.9 Å². The molecule has 9 nitrogen and oxygen atoms in total. The molecule has 3 aromatic carbocycles. The van der Waals surface area contributed by atoms with Gasteiger partial charge in [-0.1, -0.05) is 0 Å². The summed E-state index contributed by atoms with van der Waals surface area (Å²) in [5.74, 6) is -1.33. The molecule has 2 amide bonds. The van der Waals surface area contributed by atoms with Crippen molar-refractivity contribution in [3.05, 3.63) is 71.5 Å². The lowest BCUT2D eigenvalue weighted by molar-refractivity contribution is -0.121. The number of nitrogen functional groups attached to an aromatic ring is 1. The Hall–Kier alpha value is -4.73. The molecule has 4 aromatic rings. The zero-order chi connectivity index (χ0) is 25.6. The molecule has 1 aromatic heterocycles. The molecule has 36 heavy (non-hydrogen) atoms. The number of rotatable bonds is 5. The number of likely N-dealkylation sites (tertiary alicyclic amines) is 1. The molecule has 5 rings (SSSR count). The van der Waals surface area contributed by atoms with Gasteiger partial charge in [-0.25, -0.2) is 9.37 Å². The first-order valence-corrected chi connectivity index (χ1v) is 11.3. The molecule has 1 saturated heterocycles. The zero-order valence-corrected chi connectivity index (χ0v) is 19.1.